The summed E-state index contributed by atoms with van der Waals surface area (Å²) in [5.74, 6) is 0. The summed E-state index contributed by atoms with van der Waals surface area (Å²) in [6, 6.07) is 5.92. The Morgan fingerprint density at radius 3 is 2.84 bits per heavy atom. The summed E-state index contributed by atoms with van der Waals surface area (Å²) in [5, 5.41) is 13.3. The van der Waals surface area contributed by atoms with E-state index in [0.29, 0.717) is 6.54 Å². The van der Waals surface area contributed by atoms with Gasteiger partial charge >= 0.3 is 6.09 Å². The summed E-state index contributed by atoms with van der Waals surface area (Å²) >= 11 is 0. The van der Waals surface area contributed by atoms with Crippen LogP contribution in [-0.2, 0) is 13.5 Å². The number of benzene rings is 1. The zero-order valence-electron chi connectivity index (χ0n) is 10.9. The first-order valence-corrected chi connectivity index (χ1v) is 6.20. The number of fused-ring (bicyclic) bond motifs is 1. The third-order valence-electron chi connectivity index (χ3n) is 3.75. The van der Waals surface area contributed by atoms with Crippen molar-refractivity contribution in [1.29, 1.82) is 0 Å². The van der Waals surface area contributed by atoms with Crippen LogP contribution in [0.5, 0.6) is 0 Å². The van der Waals surface area contributed by atoms with E-state index >= 15 is 0 Å². The van der Waals surface area contributed by atoms with Crippen molar-refractivity contribution in [1.82, 2.24) is 9.78 Å². The van der Waals surface area contributed by atoms with Gasteiger partial charge in [-0.25, -0.2) is 4.79 Å². The minimum atomic E-state index is -0.885. The van der Waals surface area contributed by atoms with Crippen LogP contribution in [0.25, 0.3) is 11.1 Å². The molecule has 19 heavy (non-hydrogen) atoms. The molecule has 1 aliphatic rings. The molecule has 5 nitrogen and oxygen atoms in total. The lowest BCUT2D eigenvalue weighted by Crippen LogP contribution is -2.26. The highest BCUT2D eigenvalue weighted by molar-refractivity contribution is 5.89. The van der Waals surface area contributed by atoms with E-state index in [1.54, 1.807) is 0 Å². The number of carboxylic acid groups (broad SMARTS) is 1. The van der Waals surface area contributed by atoms with E-state index in [2.05, 4.69) is 11.2 Å². The van der Waals surface area contributed by atoms with Gasteiger partial charge in [0.1, 0.15) is 0 Å². The highest BCUT2D eigenvalue weighted by Gasteiger charge is 2.24. The van der Waals surface area contributed by atoms with Gasteiger partial charge in [0.25, 0.3) is 0 Å². The topological polar surface area (TPSA) is 58.4 Å². The molecule has 1 aromatic heterocycles. The molecule has 2 aromatic rings. The fourth-order valence-electron chi connectivity index (χ4n) is 2.55. The Hall–Kier alpha value is -2.30. The molecule has 0 unspecified atom stereocenters. The number of rotatable bonds is 1. The van der Waals surface area contributed by atoms with Gasteiger partial charge in [0.05, 0.1) is 11.9 Å². The van der Waals surface area contributed by atoms with Crippen LogP contribution < -0.4 is 4.90 Å². The average molecular weight is 257 g/mol. The van der Waals surface area contributed by atoms with Gasteiger partial charge in [-0.1, -0.05) is 6.07 Å². The highest BCUT2D eigenvalue weighted by Crippen LogP contribution is 2.33. The van der Waals surface area contributed by atoms with Crippen LogP contribution in [0.2, 0.25) is 0 Å². The molecule has 0 aliphatic carbocycles. The van der Waals surface area contributed by atoms with E-state index in [0.717, 1.165) is 34.5 Å². The molecule has 3 rings (SSSR count). The molecule has 0 fully saturated rings. The first-order chi connectivity index (χ1) is 9.08. The summed E-state index contributed by atoms with van der Waals surface area (Å²) < 4.78 is 1.84. The van der Waals surface area contributed by atoms with Crippen molar-refractivity contribution < 1.29 is 9.90 Å². The van der Waals surface area contributed by atoms with Gasteiger partial charge in [-0.3, -0.25) is 9.58 Å². The predicted octanol–water partition coefficient (Wildman–Crippen LogP) is 2.44. The van der Waals surface area contributed by atoms with Gasteiger partial charge in [-0.2, -0.15) is 5.10 Å². The lowest BCUT2D eigenvalue weighted by atomic mass is 10.0. The normalized spacial score (nSPS) is 13.7. The minimum Gasteiger partial charge on any atom is -0.465 e. The largest absolute Gasteiger partial charge is 0.465 e. The van der Waals surface area contributed by atoms with Gasteiger partial charge in [-0.05, 0) is 36.6 Å². The number of hydrogen-bond acceptors (Lipinski definition) is 2. The summed E-state index contributed by atoms with van der Waals surface area (Å²) in [4.78, 5) is 12.5. The maximum absolute atomic E-state index is 11.1. The van der Waals surface area contributed by atoms with E-state index in [1.807, 2.05) is 37.0 Å². The molecule has 0 saturated carbocycles. The van der Waals surface area contributed by atoms with Crippen LogP contribution in [0.3, 0.4) is 0 Å². The first kappa shape index (κ1) is 11.8. The summed E-state index contributed by atoms with van der Waals surface area (Å²) in [7, 11) is 1.92. The molecule has 5 heteroatoms. The summed E-state index contributed by atoms with van der Waals surface area (Å²) in [6.07, 6.45) is 1.74. The van der Waals surface area contributed by atoms with E-state index in [1.165, 1.54) is 4.90 Å². The van der Waals surface area contributed by atoms with Crippen molar-refractivity contribution in [3.05, 3.63) is 35.7 Å². The van der Waals surface area contributed by atoms with Crippen LogP contribution in [0.1, 0.15) is 11.3 Å². The number of amides is 1. The average Bonchev–Trinajstić information content (AvgIpc) is 2.94. The second-order valence-corrected chi connectivity index (χ2v) is 4.79. The molecule has 1 N–H and O–H groups in total. The smallest absolute Gasteiger partial charge is 0.411 e. The van der Waals surface area contributed by atoms with Gasteiger partial charge in [-0.15, -0.1) is 0 Å². The zero-order valence-corrected chi connectivity index (χ0v) is 10.9. The second kappa shape index (κ2) is 4.12. The van der Waals surface area contributed by atoms with Crippen molar-refractivity contribution in [2.24, 2.45) is 7.05 Å². The predicted molar refractivity (Wildman–Crippen MR) is 72.5 cm³/mol. The maximum atomic E-state index is 11.1. The van der Waals surface area contributed by atoms with Crippen molar-refractivity contribution in [3.8, 4) is 11.1 Å². The molecule has 2 heterocycles. The molecular formula is C14H15N3O2. The molecule has 0 atom stereocenters. The van der Waals surface area contributed by atoms with E-state index in [-0.39, 0.29) is 0 Å². The first-order valence-electron chi connectivity index (χ1n) is 6.20. The van der Waals surface area contributed by atoms with Crippen LogP contribution in [0.15, 0.2) is 24.4 Å². The molecule has 1 amide bonds. The Labute approximate surface area is 111 Å². The molecule has 0 radical (unpaired) electrons. The summed E-state index contributed by atoms with van der Waals surface area (Å²) in [6.45, 7) is 2.57. The van der Waals surface area contributed by atoms with E-state index < -0.39 is 6.09 Å². The lowest BCUT2D eigenvalue weighted by Gasteiger charge is -2.12. The van der Waals surface area contributed by atoms with Gasteiger partial charge in [0.15, 0.2) is 0 Å². The van der Waals surface area contributed by atoms with E-state index in [9.17, 15) is 4.79 Å². The Balaban J connectivity index is 2.04. The monoisotopic (exact) mass is 257 g/mol. The van der Waals surface area contributed by atoms with Crippen molar-refractivity contribution in [3.63, 3.8) is 0 Å². The van der Waals surface area contributed by atoms with Crippen LogP contribution in [-0.4, -0.2) is 27.5 Å². The molecule has 1 aromatic carbocycles. The second-order valence-electron chi connectivity index (χ2n) is 4.79. The van der Waals surface area contributed by atoms with Crippen molar-refractivity contribution in [2.75, 3.05) is 11.4 Å². The Bertz CT molecular complexity index is 661. The molecule has 0 bridgehead atoms. The fourth-order valence-corrected chi connectivity index (χ4v) is 2.55. The van der Waals surface area contributed by atoms with Crippen molar-refractivity contribution in [2.45, 2.75) is 13.3 Å². The highest BCUT2D eigenvalue weighted by atomic mass is 16.4. The lowest BCUT2D eigenvalue weighted by molar-refractivity contribution is 0.202. The maximum Gasteiger partial charge on any atom is 0.411 e. The Kier molecular flexibility index (Phi) is 2.55. The molecular weight excluding hydrogens is 242 g/mol. The Morgan fingerprint density at radius 2 is 2.21 bits per heavy atom. The number of anilines is 1. The Morgan fingerprint density at radius 1 is 1.42 bits per heavy atom. The number of aromatic nitrogens is 2. The molecule has 0 saturated heterocycles. The number of hydrogen-bond donors (Lipinski definition) is 1. The molecule has 1 aliphatic heterocycles. The number of nitrogens with zero attached hydrogens (tertiary/aromatic N) is 3. The number of aryl methyl sites for hydroxylation is 1. The van der Waals surface area contributed by atoms with Gasteiger partial charge in [0, 0.05) is 24.8 Å². The van der Waals surface area contributed by atoms with Gasteiger partial charge in [0.2, 0.25) is 0 Å². The zero-order chi connectivity index (χ0) is 13.6. The van der Waals surface area contributed by atoms with Crippen LogP contribution in [0, 0.1) is 6.92 Å². The third-order valence-corrected chi connectivity index (χ3v) is 3.75. The molecule has 98 valence electrons. The summed E-state index contributed by atoms with van der Waals surface area (Å²) in [5.41, 5.74) is 5.18. The minimum absolute atomic E-state index is 0.542. The van der Waals surface area contributed by atoms with Gasteiger partial charge < -0.3 is 5.11 Å². The van der Waals surface area contributed by atoms with E-state index in [4.69, 9.17) is 5.11 Å². The third kappa shape index (κ3) is 1.78. The standard InChI is InChI=1S/C14H15N3O2/c1-9-12(8-15-16(9)2)10-3-4-13-11(7-10)5-6-17(13)14(18)19/h3-4,7-8H,5-6H2,1-2H3,(H,18,19). The fraction of sp³-hybridized carbons (Fsp3) is 0.286. The SMILES string of the molecule is Cc1c(-c2ccc3c(c2)CCN3C(=O)O)cnn1C. The van der Waals surface area contributed by atoms with Crippen LogP contribution in [0.4, 0.5) is 10.5 Å². The molecule has 0 spiro atoms. The van der Waals surface area contributed by atoms with Crippen LogP contribution >= 0.6 is 0 Å². The quantitative estimate of drug-likeness (QED) is 0.853. The number of carbonyl (C=O) groups is 1. The van der Waals surface area contributed by atoms with Crippen molar-refractivity contribution >= 4 is 11.8 Å².